The number of hydrogen-bond donors (Lipinski definition) is 2. The zero-order valence-corrected chi connectivity index (χ0v) is 24.0. The van der Waals surface area contributed by atoms with Gasteiger partial charge in [-0.15, -0.1) is 0 Å². The number of oxime groups is 1. The Bertz CT molecular complexity index is 1000. The Kier molecular flexibility index (Phi) is 11.3. The zero-order chi connectivity index (χ0) is 25.3. The molecular formula is C23H28Br3N3O5. The molecule has 0 aromatic heterocycles. The Morgan fingerprint density at radius 1 is 1.12 bits per heavy atom. The number of benzene rings is 2. The topological polar surface area (TPSA) is 103 Å². The molecule has 34 heavy (non-hydrogen) atoms. The summed E-state index contributed by atoms with van der Waals surface area (Å²) < 4.78 is 13.0. The van der Waals surface area contributed by atoms with Gasteiger partial charge in [-0.05, 0) is 89.6 Å². The molecule has 0 spiro atoms. The third-order valence-corrected chi connectivity index (χ3v) is 6.61. The second kappa shape index (κ2) is 13.4. The van der Waals surface area contributed by atoms with Gasteiger partial charge in [0, 0.05) is 19.4 Å². The largest absolute Gasteiger partial charge is 0.633 e. The standard InChI is InChI=1S/C23H28Br3N3O5/c1-29(2,32)9-4-10-34-22-18(25)12-16(13-19(22)26)7-8-27-23(30)20(28-31)14-15-5-6-21(33-3)17(24)11-15/h5-6,11-13,31H,4,7-10,14H2,1-3H3,(H,27,30)/b28-20+. The molecule has 0 fully saturated rings. The molecule has 2 aromatic carbocycles. The molecule has 0 bridgehead atoms. The van der Waals surface area contributed by atoms with Crippen molar-refractivity contribution in [3.63, 3.8) is 0 Å². The molecule has 11 heteroatoms. The van der Waals surface area contributed by atoms with E-state index in [0.717, 1.165) is 24.5 Å². The molecule has 0 aliphatic rings. The van der Waals surface area contributed by atoms with Crippen LogP contribution in [0.4, 0.5) is 0 Å². The van der Waals surface area contributed by atoms with Gasteiger partial charge in [-0.3, -0.25) is 4.79 Å². The highest BCUT2D eigenvalue weighted by atomic mass is 79.9. The number of nitrogens with one attached hydrogen (secondary N) is 1. The predicted molar refractivity (Wildman–Crippen MR) is 143 cm³/mol. The normalized spacial score (nSPS) is 11.9. The van der Waals surface area contributed by atoms with Gasteiger partial charge in [0.25, 0.3) is 5.91 Å². The number of methoxy groups -OCH3 is 1. The lowest BCUT2D eigenvalue weighted by molar-refractivity contribution is -0.840. The molecule has 0 unspecified atom stereocenters. The Morgan fingerprint density at radius 3 is 2.32 bits per heavy atom. The Hall–Kier alpha value is -1.66. The highest BCUT2D eigenvalue weighted by Crippen LogP contribution is 2.35. The molecule has 0 atom stereocenters. The van der Waals surface area contributed by atoms with Gasteiger partial charge in [-0.25, -0.2) is 0 Å². The minimum atomic E-state index is -0.438. The van der Waals surface area contributed by atoms with Gasteiger partial charge in [0.05, 0.1) is 47.8 Å². The summed E-state index contributed by atoms with van der Waals surface area (Å²) in [5.74, 6) is 0.909. The van der Waals surface area contributed by atoms with E-state index in [-0.39, 0.29) is 16.8 Å². The van der Waals surface area contributed by atoms with Crippen LogP contribution in [0, 0.1) is 5.21 Å². The molecule has 186 valence electrons. The lowest BCUT2D eigenvalue weighted by Crippen LogP contribution is -2.34. The van der Waals surface area contributed by atoms with E-state index in [0.29, 0.717) is 44.0 Å². The fourth-order valence-electron chi connectivity index (χ4n) is 3.11. The van der Waals surface area contributed by atoms with Crippen molar-refractivity contribution in [2.24, 2.45) is 5.16 Å². The Morgan fingerprint density at radius 2 is 1.76 bits per heavy atom. The maximum absolute atomic E-state index is 12.5. The van der Waals surface area contributed by atoms with Crippen LogP contribution >= 0.6 is 47.8 Å². The fraction of sp³-hybridized carbons (Fsp3) is 0.391. The first-order valence-electron chi connectivity index (χ1n) is 10.5. The number of quaternary nitrogens is 1. The molecule has 0 heterocycles. The number of hydroxylamine groups is 3. The van der Waals surface area contributed by atoms with Crippen LogP contribution in [0.1, 0.15) is 17.5 Å². The number of hydrogen-bond acceptors (Lipinski definition) is 6. The second-order valence-corrected chi connectivity index (χ2v) is 10.6. The summed E-state index contributed by atoms with van der Waals surface area (Å²) in [6, 6.07) is 9.25. The van der Waals surface area contributed by atoms with E-state index in [4.69, 9.17) is 9.47 Å². The molecule has 2 aromatic rings. The van der Waals surface area contributed by atoms with Crippen molar-refractivity contribution in [1.29, 1.82) is 0 Å². The average Bonchev–Trinajstić information content (AvgIpc) is 2.75. The first-order chi connectivity index (χ1) is 16.0. The number of amides is 1. The summed E-state index contributed by atoms with van der Waals surface area (Å²) >= 11 is 10.5. The van der Waals surface area contributed by atoms with Gasteiger partial charge in [-0.2, -0.15) is 0 Å². The number of carbonyl (C=O) groups excluding carboxylic acids is 1. The Balaban J connectivity index is 1.88. The monoisotopic (exact) mass is 663 g/mol. The van der Waals surface area contributed by atoms with E-state index in [9.17, 15) is 15.2 Å². The van der Waals surface area contributed by atoms with Crippen molar-refractivity contribution in [3.05, 3.63) is 60.1 Å². The van der Waals surface area contributed by atoms with Gasteiger partial charge >= 0.3 is 0 Å². The van der Waals surface area contributed by atoms with E-state index in [1.165, 1.54) is 0 Å². The van der Waals surface area contributed by atoms with Crippen molar-refractivity contribution >= 4 is 59.4 Å². The van der Waals surface area contributed by atoms with Crippen LogP contribution in [-0.2, 0) is 17.6 Å². The molecule has 0 radical (unpaired) electrons. The highest BCUT2D eigenvalue weighted by Gasteiger charge is 2.15. The summed E-state index contributed by atoms with van der Waals surface area (Å²) in [6.07, 6.45) is 1.39. The maximum atomic E-state index is 12.5. The minimum Gasteiger partial charge on any atom is -0.633 e. The van der Waals surface area contributed by atoms with Crippen LogP contribution in [0.15, 0.2) is 48.9 Å². The van der Waals surface area contributed by atoms with Crippen LogP contribution in [-0.4, -0.2) is 62.4 Å². The zero-order valence-electron chi connectivity index (χ0n) is 19.2. The summed E-state index contributed by atoms with van der Waals surface area (Å²) in [7, 11) is 4.78. The van der Waals surface area contributed by atoms with Gasteiger partial charge < -0.3 is 29.9 Å². The van der Waals surface area contributed by atoms with Crippen molar-refractivity contribution < 1.29 is 24.1 Å². The SMILES string of the molecule is COc1ccc(C/C(=N\O)C(=O)NCCc2cc(Br)c(OCCC[N+](C)(C)[O-])c(Br)c2)cc1Br. The van der Waals surface area contributed by atoms with Gasteiger partial charge in [0.1, 0.15) is 17.2 Å². The van der Waals surface area contributed by atoms with Crippen LogP contribution in [0.3, 0.4) is 0 Å². The maximum Gasteiger partial charge on any atom is 0.269 e. The third kappa shape index (κ3) is 9.18. The van der Waals surface area contributed by atoms with E-state index in [1.807, 2.05) is 18.2 Å². The van der Waals surface area contributed by atoms with E-state index >= 15 is 0 Å². The van der Waals surface area contributed by atoms with Gasteiger partial charge in [0.2, 0.25) is 0 Å². The molecule has 0 saturated carbocycles. The molecule has 1 amide bonds. The predicted octanol–water partition coefficient (Wildman–Crippen LogP) is 5.06. The summed E-state index contributed by atoms with van der Waals surface area (Å²) in [4.78, 5) is 12.5. The summed E-state index contributed by atoms with van der Waals surface area (Å²) in [5, 5.41) is 26.9. The van der Waals surface area contributed by atoms with Gasteiger partial charge in [-0.1, -0.05) is 11.2 Å². The van der Waals surface area contributed by atoms with Crippen LogP contribution in [0.5, 0.6) is 11.5 Å². The first-order valence-corrected chi connectivity index (χ1v) is 12.9. The third-order valence-electron chi connectivity index (χ3n) is 4.82. The summed E-state index contributed by atoms with van der Waals surface area (Å²) in [6.45, 7) is 1.27. The van der Waals surface area contributed by atoms with E-state index in [2.05, 4.69) is 58.3 Å². The van der Waals surface area contributed by atoms with Crippen molar-refractivity contribution in [1.82, 2.24) is 5.32 Å². The fourth-order valence-corrected chi connectivity index (χ4v) is 5.21. The van der Waals surface area contributed by atoms with Crippen molar-refractivity contribution in [3.8, 4) is 11.5 Å². The molecule has 0 aliphatic heterocycles. The van der Waals surface area contributed by atoms with Crippen LogP contribution < -0.4 is 14.8 Å². The summed E-state index contributed by atoms with van der Waals surface area (Å²) in [5.41, 5.74) is 1.80. The molecule has 0 saturated heterocycles. The molecule has 2 rings (SSSR count). The van der Waals surface area contributed by atoms with Gasteiger partial charge in [0.15, 0.2) is 0 Å². The smallest absolute Gasteiger partial charge is 0.269 e. The highest BCUT2D eigenvalue weighted by molar-refractivity contribution is 9.11. The first kappa shape index (κ1) is 28.6. The Labute approximate surface area is 224 Å². The molecule has 8 nitrogen and oxygen atoms in total. The van der Waals surface area contributed by atoms with Crippen LogP contribution in [0.25, 0.3) is 0 Å². The number of halogens is 3. The minimum absolute atomic E-state index is 0.0167. The quantitative estimate of drug-likeness (QED) is 0.109. The molecule has 0 aliphatic carbocycles. The molecular weight excluding hydrogens is 638 g/mol. The number of ether oxygens (including phenoxy) is 2. The average molecular weight is 666 g/mol. The number of carbonyl (C=O) groups is 1. The molecule has 2 N–H and O–H groups in total. The van der Waals surface area contributed by atoms with E-state index < -0.39 is 5.91 Å². The van der Waals surface area contributed by atoms with Crippen molar-refractivity contribution in [2.45, 2.75) is 19.3 Å². The van der Waals surface area contributed by atoms with Crippen LogP contribution in [0.2, 0.25) is 0 Å². The second-order valence-electron chi connectivity index (χ2n) is 8.09. The lowest BCUT2D eigenvalue weighted by atomic mass is 10.1. The number of rotatable bonds is 12. The number of nitrogens with zero attached hydrogens (tertiary/aromatic N) is 2. The van der Waals surface area contributed by atoms with E-state index in [1.54, 1.807) is 33.3 Å². The lowest BCUT2D eigenvalue weighted by Gasteiger charge is -2.33. The van der Waals surface area contributed by atoms with Crippen molar-refractivity contribution in [2.75, 3.05) is 40.9 Å².